The second-order valence-electron chi connectivity index (χ2n) is 23.2. The normalized spacial score (nSPS) is 22.2. The summed E-state index contributed by atoms with van der Waals surface area (Å²) in [7, 11) is 4.28. The van der Waals surface area contributed by atoms with E-state index in [-0.39, 0.29) is 54.9 Å². The number of nitrogens with one attached hydrogen (secondary N) is 2. The molecule has 5 atom stereocenters. The second kappa shape index (κ2) is 24.8. The predicted octanol–water partition coefficient (Wildman–Crippen LogP) is 5.24. The Morgan fingerprint density at radius 3 is 1.75 bits per heavy atom. The topological polar surface area (TPSA) is 202 Å². The van der Waals surface area contributed by atoms with Crippen molar-refractivity contribution in [3.05, 3.63) is 132 Å². The maximum atomic E-state index is 13.0. The third-order valence-electron chi connectivity index (χ3n) is 17.6. The smallest absolute Gasteiger partial charge is 0.318 e. The summed E-state index contributed by atoms with van der Waals surface area (Å²) in [5.41, 5.74) is 7.39. The highest BCUT2D eigenvalue weighted by molar-refractivity contribution is 5.96. The molecular weight excluding hydrogens is 1060 g/mol. The molecule has 6 aromatic rings. The van der Waals surface area contributed by atoms with Gasteiger partial charge in [-0.2, -0.15) is 30.5 Å². The maximum absolute atomic E-state index is 13.0. The fourth-order valence-electron chi connectivity index (χ4n) is 13.5. The van der Waals surface area contributed by atoms with E-state index < -0.39 is 0 Å². The van der Waals surface area contributed by atoms with Crippen molar-refractivity contribution in [1.29, 1.82) is 10.5 Å². The van der Waals surface area contributed by atoms with Crippen LogP contribution in [0.1, 0.15) is 47.0 Å². The van der Waals surface area contributed by atoms with E-state index in [1.807, 2.05) is 0 Å². The lowest BCUT2D eigenvalue weighted by Gasteiger charge is -2.42. The Labute approximate surface area is 491 Å². The molecule has 2 aromatic heterocycles. The highest BCUT2D eigenvalue weighted by atomic mass is 16.5. The van der Waals surface area contributed by atoms with Crippen molar-refractivity contribution in [2.45, 2.75) is 69.0 Å². The molecule has 4 saturated heterocycles. The van der Waals surface area contributed by atoms with E-state index in [4.69, 9.17) is 29.4 Å². The molecule has 6 aliphatic rings. The van der Waals surface area contributed by atoms with Crippen molar-refractivity contribution in [2.75, 3.05) is 132 Å². The van der Waals surface area contributed by atoms with E-state index in [9.17, 15) is 20.1 Å². The van der Waals surface area contributed by atoms with Gasteiger partial charge in [0.25, 0.3) is 0 Å². The van der Waals surface area contributed by atoms with E-state index in [1.54, 1.807) is 9.80 Å². The van der Waals surface area contributed by atoms with Crippen LogP contribution in [0.15, 0.2) is 104 Å². The van der Waals surface area contributed by atoms with Gasteiger partial charge in [0.2, 0.25) is 11.8 Å². The van der Waals surface area contributed by atoms with Crippen LogP contribution in [0.2, 0.25) is 0 Å². The Morgan fingerprint density at radius 2 is 1.15 bits per heavy atom. The number of nitriles is 2. The molecule has 6 aliphatic heterocycles. The van der Waals surface area contributed by atoms with Gasteiger partial charge in [0.15, 0.2) is 0 Å². The minimum Gasteiger partial charge on any atom is -0.462 e. The van der Waals surface area contributed by atoms with Crippen molar-refractivity contribution < 1.29 is 19.1 Å². The number of nitrogens with zero attached hydrogens (tertiary/aromatic N) is 14. The van der Waals surface area contributed by atoms with Gasteiger partial charge in [-0.1, -0.05) is 73.8 Å². The molecule has 4 fully saturated rings. The summed E-state index contributed by atoms with van der Waals surface area (Å²) in [5, 5.41) is 32.0. The van der Waals surface area contributed by atoms with Crippen LogP contribution in [0.25, 0.3) is 21.5 Å². The Bertz CT molecular complexity index is 3540. The van der Waals surface area contributed by atoms with Crippen molar-refractivity contribution in [3.8, 4) is 24.2 Å². The van der Waals surface area contributed by atoms with Crippen LogP contribution in [0.3, 0.4) is 0 Å². The first kappa shape index (κ1) is 56.1. The van der Waals surface area contributed by atoms with Gasteiger partial charge in [-0.25, -0.2) is 0 Å². The molecule has 0 aliphatic carbocycles. The first-order valence-electron chi connectivity index (χ1n) is 29.6. The second-order valence-corrected chi connectivity index (χ2v) is 23.2. The third kappa shape index (κ3) is 11.8. The number of fused-ring (bicyclic) bond motifs is 4. The number of rotatable bonds is 15. The van der Waals surface area contributed by atoms with Crippen molar-refractivity contribution in [1.82, 2.24) is 50.2 Å². The number of carbonyl (C=O) groups excluding carboxylic acids is 2. The van der Waals surface area contributed by atoms with Gasteiger partial charge in [0.1, 0.15) is 24.8 Å². The van der Waals surface area contributed by atoms with E-state index >= 15 is 0 Å². The van der Waals surface area contributed by atoms with Gasteiger partial charge in [0, 0.05) is 124 Å². The number of hydrogen-bond donors (Lipinski definition) is 2. The molecule has 3 unspecified atom stereocenters. The van der Waals surface area contributed by atoms with Crippen LogP contribution in [0.5, 0.6) is 12.0 Å². The summed E-state index contributed by atoms with van der Waals surface area (Å²) in [4.78, 5) is 64.0. The monoisotopic (exact) mass is 1130 g/mol. The highest BCUT2D eigenvalue weighted by Crippen LogP contribution is 2.39. The van der Waals surface area contributed by atoms with Gasteiger partial charge >= 0.3 is 12.0 Å². The van der Waals surface area contributed by atoms with Gasteiger partial charge in [0.05, 0.1) is 73.6 Å². The van der Waals surface area contributed by atoms with Gasteiger partial charge in [-0.05, 0) is 73.6 Å². The van der Waals surface area contributed by atoms with Crippen LogP contribution in [-0.2, 0) is 35.5 Å². The largest absolute Gasteiger partial charge is 0.462 e. The Balaban J connectivity index is 0.812. The van der Waals surface area contributed by atoms with Gasteiger partial charge < -0.3 is 59.3 Å². The van der Waals surface area contributed by atoms with Crippen LogP contribution >= 0.6 is 0 Å². The fourth-order valence-corrected chi connectivity index (χ4v) is 13.5. The summed E-state index contributed by atoms with van der Waals surface area (Å²) in [5.74, 6) is 1.27. The van der Waals surface area contributed by atoms with Crippen molar-refractivity contribution >= 4 is 56.4 Å². The molecule has 20 nitrogen and oxygen atoms in total. The lowest BCUT2D eigenvalue weighted by atomic mass is 9.95. The summed E-state index contributed by atoms with van der Waals surface area (Å²) < 4.78 is 13.2. The van der Waals surface area contributed by atoms with Crippen LogP contribution < -0.4 is 39.7 Å². The molecule has 2 N–H and O–H groups in total. The quantitative estimate of drug-likeness (QED) is 0.126. The average Bonchev–Trinajstić information content (AvgIpc) is 2.95. The predicted molar refractivity (Wildman–Crippen MR) is 325 cm³/mol. The molecule has 4 aromatic carbocycles. The molecule has 2 amide bonds. The highest BCUT2D eigenvalue weighted by Gasteiger charge is 2.37. The lowest BCUT2D eigenvalue weighted by Crippen LogP contribution is -2.55. The van der Waals surface area contributed by atoms with E-state index in [0.29, 0.717) is 84.0 Å². The zero-order valence-electron chi connectivity index (χ0n) is 48.2. The number of ether oxygens (including phenoxy) is 2. The van der Waals surface area contributed by atoms with Crippen molar-refractivity contribution in [2.24, 2.45) is 0 Å². The standard InChI is InChI=1S/C64H74N16O4/c1-5-59(81)79-30-28-77(36-48(79)18-22-65)61-52-20-25-75(57-17-11-14-43-12-7-9-15-50(43)57)39-55(52)69-64(72-61)84-42-47-35-74(4)38-54(68-47)45-32-44-13-8-10-16-51(44)58(33-45)76-26-21-53-56(40-76)70-63(83-41-46-34-73(3)27-24-67-46)71-62(53)78-29-31-80(60(82)6-2)49(37-78)19-23-66/h5-17,32-33,46-49,54,67-68H,1-2,18-21,24-31,34-42H2,3-4H3/t46-,47+,48?,49?,54?/m1/s1. The van der Waals surface area contributed by atoms with Crippen molar-refractivity contribution in [3.63, 3.8) is 0 Å². The van der Waals surface area contributed by atoms with Crippen LogP contribution in [-0.4, -0.2) is 188 Å². The SMILES string of the molecule is C=CC(=O)N1CCN(c2nc(OC[C@H]3CN(C)CCN3)nc3c2CCN(c2cc(C4CN(C)C[C@@H](COc5nc6c(c(N7CCN(C(=O)C=C)C(CC#N)C7)n5)CCN(c5cccc7ccccc57)C6)N4)cc4ccccc24)C3)CC1CC#N. The molecule has 84 heavy (non-hydrogen) atoms. The van der Waals surface area contributed by atoms with Gasteiger partial charge in [-0.3, -0.25) is 9.59 Å². The molecular formula is C64H74N16O4. The minimum absolute atomic E-state index is 0.0342. The molecule has 434 valence electrons. The van der Waals surface area contributed by atoms with Crippen LogP contribution in [0, 0.1) is 22.7 Å². The van der Waals surface area contributed by atoms with Crippen LogP contribution in [0.4, 0.5) is 23.0 Å². The van der Waals surface area contributed by atoms with E-state index in [0.717, 1.165) is 109 Å². The average molecular weight is 1130 g/mol. The Morgan fingerprint density at radius 1 is 0.607 bits per heavy atom. The Hall–Kier alpha value is -8.40. The number of amides is 2. The summed E-state index contributed by atoms with van der Waals surface area (Å²) >= 11 is 0. The fraction of sp³-hybridized carbons (Fsp3) is 0.438. The maximum Gasteiger partial charge on any atom is 0.318 e. The number of anilines is 4. The van der Waals surface area contributed by atoms with Gasteiger partial charge in [-0.15, -0.1) is 0 Å². The van der Waals surface area contributed by atoms with E-state index in [1.165, 1.54) is 28.5 Å². The summed E-state index contributed by atoms with van der Waals surface area (Å²) in [6.07, 6.45) is 4.48. The van der Waals surface area contributed by atoms with E-state index in [2.05, 4.69) is 158 Å². The number of benzene rings is 4. The first-order valence-corrected chi connectivity index (χ1v) is 29.6. The molecule has 20 heteroatoms. The first-order chi connectivity index (χ1) is 41.0. The number of aromatic nitrogens is 4. The number of likely N-dealkylation sites (N-methyl/N-ethyl adjacent to an activating group) is 2. The zero-order valence-corrected chi connectivity index (χ0v) is 48.2. The summed E-state index contributed by atoms with van der Waals surface area (Å²) in [6, 6.07) is 32.8. The molecule has 0 spiro atoms. The molecule has 0 bridgehead atoms. The number of piperazine rings is 4. The molecule has 0 saturated carbocycles. The third-order valence-corrected chi connectivity index (χ3v) is 17.6. The minimum atomic E-state index is -0.315. The summed E-state index contributed by atoms with van der Waals surface area (Å²) in [6.45, 7) is 18.0. The number of carbonyl (C=O) groups is 2. The Kier molecular flexibility index (Phi) is 16.6. The zero-order chi connectivity index (χ0) is 57.8. The number of hydrogen-bond acceptors (Lipinski definition) is 18. The lowest BCUT2D eigenvalue weighted by molar-refractivity contribution is -0.129. The molecule has 0 radical (unpaired) electrons. The molecule has 8 heterocycles. The molecule has 12 rings (SSSR count).